The molecule has 0 aliphatic rings. The first-order chi connectivity index (χ1) is 8.15. The fraction of sp³-hybridized carbons (Fsp3) is 0.231. The minimum absolute atomic E-state index is 0.131. The number of amides is 1. The van der Waals surface area contributed by atoms with Gasteiger partial charge in [0.2, 0.25) is 0 Å². The van der Waals surface area contributed by atoms with Gasteiger partial charge in [0.1, 0.15) is 0 Å². The van der Waals surface area contributed by atoms with Crippen LogP contribution in [0.2, 0.25) is 0 Å². The van der Waals surface area contributed by atoms with E-state index in [0.717, 1.165) is 10.5 Å². The van der Waals surface area contributed by atoms with Crippen molar-refractivity contribution in [3.8, 4) is 6.07 Å². The molecule has 0 aromatic heterocycles. The number of nitrogens with zero attached hydrogens (tertiary/aromatic N) is 1. The number of thioether (sulfide) groups is 1. The molecule has 1 amide bonds. The largest absolute Gasteiger partial charge is 0.348 e. The number of rotatable bonds is 5. The van der Waals surface area contributed by atoms with Gasteiger partial charge in [0, 0.05) is 11.4 Å². The summed E-state index contributed by atoms with van der Waals surface area (Å²) in [5.41, 5.74) is 1.51. The molecule has 0 heterocycles. The maximum Gasteiger partial charge on any atom is 0.252 e. The van der Waals surface area contributed by atoms with Crippen molar-refractivity contribution < 1.29 is 4.79 Å². The van der Waals surface area contributed by atoms with E-state index in [2.05, 4.69) is 11.9 Å². The number of carbonyl (C=O) groups is 1. The Morgan fingerprint density at radius 2 is 2.24 bits per heavy atom. The lowest BCUT2D eigenvalue weighted by Crippen LogP contribution is -2.25. The molecule has 0 aliphatic carbocycles. The minimum atomic E-state index is -0.131. The monoisotopic (exact) mass is 246 g/mol. The Labute approximate surface area is 106 Å². The molecule has 0 unspecified atom stereocenters. The second-order valence-corrected chi connectivity index (χ2v) is 4.60. The highest BCUT2D eigenvalue weighted by Crippen LogP contribution is 2.21. The van der Waals surface area contributed by atoms with Crippen molar-refractivity contribution >= 4 is 17.7 Å². The summed E-state index contributed by atoms with van der Waals surface area (Å²) in [4.78, 5) is 12.7. The zero-order valence-electron chi connectivity index (χ0n) is 9.69. The van der Waals surface area contributed by atoms with E-state index in [4.69, 9.17) is 5.26 Å². The molecule has 88 valence electrons. The number of nitrogens with one attached hydrogen (secondary N) is 1. The Bertz CT molecular complexity index is 463. The lowest BCUT2D eigenvalue weighted by atomic mass is 10.2. The highest BCUT2D eigenvalue weighted by molar-refractivity contribution is 7.99. The summed E-state index contributed by atoms with van der Waals surface area (Å²) in [6.07, 6.45) is 0. The Kier molecular flexibility index (Phi) is 5.31. The fourth-order valence-corrected chi connectivity index (χ4v) is 1.93. The van der Waals surface area contributed by atoms with Crippen LogP contribution in [-0.4, -0.2) is 18.2 Å². The summed E-state index contributed by atoms with van der Waals surface area (Å²) in [6.45, 7) is 6.06. The molecule has 1 aromatic carbocycles. The third-order valence-corrected chi connectivity index (χ3v) is 2.92. The van der Waals surface area contributed by atoms with Crippen molar-refractivity contribution in [2.45, 2.75) is 11.8 Å². The lowest BCUT2D eigenvalue weighted by molar-refractivity contribution is 0.0954. The number of benzene rings is 1. The van der Waals surface area contributed by atoms with Crippen LogP contribution < -0.4 is 5.32 Å². The lowest BCUT2D eigenvalue weighted by Gasteiger charge is -2.08. The van der Waals surface area contributed by atoms with E-state index in [9.17, 15) is 4.79 Å². The maximum atomic E-state index is 11.9. The summed E-state index contributed by atoms with van der Waals surface area (Å²) >= 11 is 1.37. The molecule has 0 radical (unpaired) electrons. The molecule has 17 heavy (non-hydrogen) atoms. The zero-order valence-corrected chi connectivity index (χ0v) is 10.5. The van der Waals surface area contributed by atoms with Gasteiger partial charge in [0.25, 0.3) is 5.91 Å². The summed E-state index contributed by atoms with van der Waals surface area (Å²) in [7, 11) is 0. The van der Waals surface area contributed by atoms with Crippen LogP contribution in [0.4, 0.5) is 0 Å². The van der Waals surface area contributed by atoms with Crippen LogP contribution in [0, 0.1) is 11.3 Å². The second-order valence-electron chi connectivity index (χ2n) is 3.58. The number of nitriles is 1. The van der Waals surface area contributed by atoms with Gasteiger partial charge in [0.05, 0.1) is 17.4 Å². The maximum absolute atomic E-state index is 11.9. The molecule has 0 saturated heterocycles. The summed E-state index contributed by atoms with van der Waals surface area (Å²) < 4.78 is 0. The van der Waals surface area contributed by atoms with E-state index in [1.54, 1.807) is 6.07 Å². The van der Waals surface area contributed by atoms with Gasteiger partial charge >= 0.3 is 0 Å². The predicted molar refractivity (Wildman–Crippen MR) is 69.9 cm³/mol. The van der Waals surface area contributed by atoms with Gasteiger partial charge in [-0.3, -0.25) is 4.79 Å². The SMILES string of the molecule is C=C(C)CNC(=O)c1ccccc1SCC#N. The first-order valence-corrected chi connectivity index (χ1v) is 6.15. The first kappa shape index (κ1) is 13.3. The van der Waals surface area contributed by atoms with Crippen LogP contribution in [0.3, 0.4) is 0 Å². The van der Waals surface area contributed by atoms with Crippen molar-refractivity contribution in [1.29, 1.82) is 5.26 Å². The van der Waals surface area contributed by atoms with Crippen LogP contribution in [0.25, 0.3) is 0 Å². The van der Waals surface area contributed by atoms with E-state index in [-0.39, 0.29) is 5.91 Å². The molecule has 0 fully saturated rings. The third-order valence-electron chi connectivity index (χ3n) is 1.97. The summed E-state index contributed by atoms with van der Waals surface area (Å²) in [5.74, 6) is 0.208. The van der Waals surface area contributed by atoms with Gasteiger partial charge < -0.3 is 5.32 Å². The van der Waals surface area contributed by atoms with Gasteiger partial charge in [-0.05, 0) is 19.1 Å². The van der Waals surface area contributed by atoms with Crippen molar-refractivity contribution in [2.75, 3.05) is 12.3 Å². The van der Waals surface area contributed by atoms with Gasteiger partial charge in [0.15, 0.2) is 0 Å². The molecule has 1 N–H and O–H groups in total. The molecule has 0 atom stereocenters. The normalized spacial score (nSPS) is 9.41. The van der Waals surface area contributed by atoms with Crippen molar-refractivity contribution in [3.63, 3.8) is 0 Å². The van der Waals surface area contributed by atoms with Crippen LogP contribution in [0.15, 0.2) is 41.3 Å². The van der Waals surface area contributed by atoms with E-state index in [1.165, 1.54) is 11.8 Å². The minimum Gasteiger partial charge on any atom is -0.348 e. The van der Waals surface area contributed by atoms with E-state index in [0.29, 0.717) is 17.9 Å². The average Bonchev–Trinajstić information content (AvgIpc) is 2.33. The Morgan fingerprint density at radius 1 is 1.53 bits per heavy atom. The average molecular weight is 246 g/mol. The van der Waals surface area contributed by atoms with Crippen molar-refractivity contribution in [2.24, 2.45) is 0 Å². The molecule has 0 saturated carbocycles. The van der Waals surface area contributed by atoms with Crippen LogP contribution in [0.5, 0.6) is 0 Å². The standard InChI is InChI=1S/C13H14N2OS/c1-10(2)9-15-13(16)11-5-3-4-6-12(11)17-8-7-14/h3-6H,1,8-9H2,2H3,(H,15,16). The van der Waals surface area contributed by atoms with Crippen LogP contribution in [0.1, 0.15) is 17.3 Å². The first-order valence-electron chi connectivity index (χ1n) is 5.16. The Balaban J connectivity index is 2.78. The van der Waals surface area contributed by atoms with Gasteiger partial charge in [-0.25, -0.2) is 0 Å². The summed E-state index contributed by atoms with van der Waals surface area (Å²) in [5, 5.41) is 11.3. The van der Waals surface area contributed by atoms with E-state index < -0.39 is 0 Å². The number of hydrogen-bond donors (Lipinski definition) is 1. The summed E-state index contributed by atoms with van der Waals surface area (Å²) in [6, 6.07) is 9.32. The quantitative estimate of drug-likeness (QED) is 0.642. The van der Waals surface area contributed by atoms with Crippen LogP contribution >= 0.6 is 11.8 Å². The van der Waals surface area contributed by atoms with Gasteiger partial charge in [-0.1, -0.05) is 24.3 Å². The molecule has 1 aromatic rings. The molecule has 0 spiro atoms. The molecule has 0 aliphatic heterocycles. The second kappa shape index (κ2) is 6.77. The van der Waals surface area contributed by atoms with Crippen molar-refractivity contribution in [3.05, 3.63) is 42.0 Å². The van der Waals surface area contributed by atoms with Crippen molar-refractivity contribution in [1.82, 2.24) is 5.32 Å². The highest BCUT2D eigenvalue weighted by Gasteiger charge is 2.10. The Morgan fingerprint density at radius 3 is 2.88 bits per heavy atom. The third kappa shape index (κ3) is 4.33. The van der Waals surface area contributed by atoms with E-state index >= 15 is 0 Å². The number of hydrogen-bond acceptors (Lipinski definition) is 3. The van der Waals surface area contributed by atoms with E-state index in [1.807, 2.05) is 31.2 Å². The van der Waals surface area contributed by atoms with Gasteiger partial charge in [-0.2, -0.15) is 5.26 Å². The Hall–Kier alpha value is -1.73. The topological polar surface area (TPSA) is 52.9 Å². The molecule has 3 nitrogen and oxygen atoms in total. The fourth-order valence-electron chi connectivity index (χ4n) is 1.22. The molecule has 4 heteroatoms. The van der Waals surface area contributed by atoms with Crippen LogP contribution in [-0.2, 0) is 0 Å². The highest BCUT2D eigenvalue weighted by atomic mass is 32.2. The van der Waals surface area contributed by atoms with Gasteiger partial charge in [-0.15, -0.1) is 11.8 Å². The molecular weight excluding hydrogens is 232 g/mol. The smallest absolute Gasteiger partial charge is 0.252 e. The molecular formula is C13H14N2OS. The number of carbonyl (C=O) groups excluding carboxylic acids is 1. The molecule has 0 bridgehead atoms. The zero-order chi connectivity index (χ0) is 12.7. The predicted octanol–water partition coefficient (Wildman–Crippen LogP) is 2.61. The molecule has 1 rings (SSSR count).